The van der Waals surface area contributed by atoms with E-state index in [-0.39, 0.29) is 17.9 Å². The van der Waals surface area contributed by atoms with Crippen molar-refractivity contribution in [2.24, 2.45) is 0 Å². The first-order valence-electron chi connectivity index (χ1n) is 4.30. The summed E-state index contributed by atoms with van der Waals surface area (Å²) in [6, 6.07) is 0.00444. The van der Waals surface area contributed by atoms with E-state index >= 15 is 0 Å². The minimum Gasteiger partial charge on any atom is -0.302 e. The van der Waals surface area contributed by atoms with Crippen molar-refractivity contribution in [3.8, 4) is 0 Å². The summed E-state index contributed by atoms with van der Waals surface area (Å²) in [5.74, 6) is 0.269. The van der Waals surface area contributed by atoms with Crippen molar-refractivity contribution >= 4 is 5.78 Å². The summed E-state index contributed by atoms with van der Waals surface area (Å²) in [6.07, 6.45) is 0. The summed E-state index contributed by atoms with van der Waals surface area (Å²) in [5, 5.41) is 12.4. The second-order valence-corrected chi connectivity index (χ2v) is 3.18. The molecule has 0 aliphatic carbocycles. The summed E-state index contributed by atoms with van der Waals surface area (Å²) in [5.41, 5.74) is 0. The number of hydrogen-bond acceptors (Lipinski definition) is 5. The standard InChI is InChI=1S/C7H14N4O/c12-7(5-1-8-3-10-5)6-2-9-4-11-6/h5-6,8-11H,1-4H2. The van der Waals surface area contributed by atoms with Gasteiger partial charge in [0.15, 0.2) is 5.78 Å². The molecule has 2 saturated heterocycles. The van der Waals surface area contributed by atoms with Crippen LogP contribution in [0.1, 0.15) is 0 Å². The van der Waals surface area contributed by atoms with Gasteiger partial charge in [-0.25, -0.2) is 0 Å². The summed E-state index contributed by atoms with van der Waals surface area (Å²) in [7, 11) is 0. The first-order chi connectivity index (χ1) is 5.88. The van der Waals surface area contributed by atoms with E-state index in [1.54, 1.807) is 0 Å². The van der Waals surface area contributed by atoms with Gasteiger partial charge in [0.05, 0.1) is 12.1 Å². The van der Waals surface area contributed by atoms with Gasteiger partial charge in [0.2, 0.25) is 0 Å². The van der Waals surface area contributed by atoms with Crippen LogP contribution in [0, 0.1) is 0 Å². The number of hydrogen-bond donors (Lipinski definition) is 4. The molecular formula is C7H14N4O. The van der Waals surface area contributed by atoms with Gasteiger partial charge in [0.1, 0.15) is 0 Å². The van der Waals surface area contributed by atoms with E-state index in [1.165, 1.54) is 0 Å². The molecule has 0 radical (unpaired) electrons. The van der Waals surface area contributed by atoms with E-state index in [2.05, 4.69) is 21.3 Å². The zero-order chi connectivity index (χ0) is 8.39. The van der Waals surface area contributed by atoms with E-state index < -0.39 is 0 Å². The van der Waals surface area contributed by atoms with Gasteiger partial charge in [-0.2, -0.15) is 0 Å². The minimum atomic E-state index is 0.00222. The molecule has 2 atom stereocenters. The second-order valence-electron chi connectivity index (χ2n) is 3.18. The average Bonchev–Trinajstić information content (AvgIpc) is 2.77. The van der Waals surface area contributed by atoms with Crippen molar-refractivity contribution in [3.05, 3.63) is 0 Å². The normalized spacial score (nSPS) is 35.7. The molecule has 0 bridgehead atoms. The molecule has 0 aromatic heterocycles. The molecule has 2 fully saturated rings. The van der Waals surface area contributed by atoms with Gasteiger partial charge in [0.25, 0.3) is 0 Å². The van der Waals surface area contributed by atoms with Gasteiger partial charge < -0.3 is 10.6 Å². The van der Waals surface area contributed by atoms with Crippen molar-refractivity contribution in [1.29, 1.82) is 0 Å². The van der Waals surface area contributed by atoms with Crippen LogP contribution in [0.2, 0.25) is 0 Å². The fourth-order valence-corrected chi connectivity index (χ4v) is 1.61. The van der Waals surface area contributed by atoms with E-state index in [4.69, 9.17) is 0 Å². The van der Waals surface area contributed by atoms with Gasteiger partial charge >= 0.3 is 0 Å². The molecule has 2 rings (SSSR count). The zero-order valence-electron chi connectivity index (χ0n) is 6.89. The lowest BCUT2D eigenvalue weighted by molar-refractivity contribution is -0.121. The van der Waals surface area contributed by atoms with Crippen LogP contribution in [0.3, 0.4) is 0 Å². The summed E-state index contributed by atoms with van der Waals surface area (Å²) >= 11 is 0. The maximum absolute atomic E-state index is 11.6. The van der Waals surface area contributed by atoms with Crippen LogP contribution >= 0.6 is 0 Å². The number of ketones is 1. The fourth-order valence-electron chi connectivity index (χ4n) is 1.61. The van der Waals surface area contributed by atoms with Crippen LogP contribution in [-0.4, -0.2) is 44.3 Å². The largest absolute Gasteiger partial charge is 0.302 e. The molecule has 2 aliphatic rings. The Kier molecular flexibility index (Phi) is 2.36. The molecule has 5 heteroatoms. The summed E-state index contributed by atoms with van der Waals surface area (Å²) < 4.78 is 0. The first kappa shape index (κ1) is 8.12. The van der Waals surface area contributed by atoms with Crippen LogP contribution < -0.4 is 21.3 Å². The molecule has 2 heterocycles. The Bertz CT molecular complexity index is 154. The van der Waals surface area contributed by atoms with Crippen LogP contribution in [0.5, 0.6) is 0 Å². The molecule has 5 nitrogen and oxygen atoms in total. The molecule has 0 aromatic rings. The molecule has 12 heavy (non-hydrogen) atoms. The Morgan fingerprint density at radius 1 is 1.00 bits per heavy atom. The van der Waals surface area contributed by atoms with E-state index in [1.807, 2.05) is 0 Å². The number of carbonyl (C=O) groups excluding carboxylic acids is 1. The number of nitrogens with one attached hydrogen (secondary N) is 4. The van der Waals surface area contributed by atoms with Crippen LogP contribution in [0.15, 0.2) is 0 Å². The molecular weight excluding hydrogens is 156 g/mol. The third-order valence-corrected chi connectivity index (χ3v) is 2.33. The lowest BCUT2D eigenvalue weighted by Gasteiger charge is -2.12. The number of Topliss-reactive ketones (excluding diaryl/α,β-unsaturated/α-hetero) is 1. The van der Waals surface area contributed by atoms with Crippen LogP contribution in [0.4, 0.5) is 0 Å². The SMILES string of the molecule is O=C(C1CNCN1)C1CNCN1. The molecule has 0 spiro atoms. The maximum Gasteiger partial charge on any atom is 0.169 e. The molecule has 0 amide bonds. The fraction of sp³-hybridized carbons (Fsp3) is 0.857. The highest BCUT2D eigenvalue weighted by Gasteiger charge is 2.30. The van der Waals surface area contributed by atoms with Crippen LogP contribution in [0.25, 0.3) is 0 Å². The highest BCUT2D eigenvalue weighted by Crippen LogP contribution is 1.98. The number of rotatable bonds is 2. The lowest BCUT2D eigenvalue weighted by atomic mass is 10.1. The van der Waals surface area contributed by atoms with E-state index in [0.717, 1.165) is 26.4 Å². The second kappa shape index (κ2) is 3.49. The Balaban J connectivity index is 1.89. The van der Waals surface area contributed by atoms with Gasteiger partial charge in [-0.15, -0.1) is 0 Å². The molecule has 0 aromatic carbocycles. The van der Waals surface area contributed by atoms with Crippen molar-refractivity contribution in [2.45, 2.75) is 12.1 Å². The molecule has 0 saturated carbocycles. The predicted molar refractivity (Wildman–Crippen MR) is 44.6 cm³/mol. The van der Waals surface area contributed by atoms with Crippen molar-refractivity contribution in [1.82, 2.24) is 21.3 Å². The van der Waals surface area contributed by atoms with Crippen molar-refractivity contribution < 1.29 is 4.79 Å². The van der Waals surface area contributed by atoms with Gasteiger partial charge in [-0.1, -0.05) is 0 Å². The van der Waals surface area contributed by atoms with Crippen molar-refractivity contribution in [2.75, 3.05) is 26.4 Å². The monoisotopic (exact) mass is 170 g/mol. The van der Waals surface area contributed by atoms with Crippen molar-refractivity contribution in [3.63, 3.8) is 0 Å². The highest BCUT2D eigenvalue weighted by molar-refractivity contribution is 5.90. The Labute approximate surface area is 71.3 Å². The molecule has 2 unspecified atom stereocenters. The van der Waals surface area contributed by atoms with Gasteiger partial charge in [-0.3, -0.25) is 15.4 Å². The third kappa shape index (κ3) is 1.49. The Hall–Kier alpha value is -0.490. The van der Waals surface area contributed by atoms with E-state index in [0.29, 0.717) is 0 Å². The lowest BCUT2D eigenvalue weighted by Crippen LogP contribution is -2.45. The first-order valence-corrected chi connectivity index (χ1v) is 4.30. The minimum absolute atomic E-state index is 0.00222. The smallest absolute Gasteiger partial charge is 0.169 e. The topological polar surface area (TPSA) is 65.2 Å². The highest BCUT2D eigenvalue weighted by atomic mass is 16.1. The predicted octanol–water partition coefficient (Wildman–Crippen LogP) is -2.41. The summed E-state index contributed by atoms with van der Waals surface area (Å²) in [4.78, 5) is 11.6. The van der Waals surface area contributed by atoms with Gasteiger partial charge in [-0.05, 0) is 0 Å². The zero-order valence-corrected chi connectivity index (χ0v) is 6.89. The van der Waals surface area contributed by atoms with Gasteiger partial charge in [0, 0.05) is 26.4 Å². The summed E-state index contributed by atoms with van der Waals surface area (Å²) in [6.45, 7) is 3.02. The molecule has 2 aliphatic heterocycles. The number of carbonyl (C=O) groups is 1. The molecule has 68 valence electrons. The third-order valence-electron chi connectivity index (χ3n) is 2.33. The Morgan fingerprint density at radius 2 is 1.50 bits per heavy atom. The Morgan fingerprint density at radius 3 is 1.83 bits per heavy atom. The van der Waals surface area contributed by atoms with Crippen LogP contribution in [-0.2, 0) is 4.79 Å². The average molecular weight is 170 g/mol. The maximum atomic E-state index is 11.6. The van der Waals surface area contributed by atoms with E-state index in [9.17, 15) is 4.79 Å². The molecule has 4 N–H and O–H groups in total. The quantitative estimate of drug-likeness (QED) is 0.372.